The fourth-order valence-corrected chi connectivity index (χ4v) is 1.78. The summed E-state index contributed by atoms with van der Waals surface area (Å²) in [6.07, 6.45) is 1.23. The van der Waals surface area contributed by atoms with E-state index in [1.54, 1.807) is 0 Å². The number of hydrogen-bond acceptors (Lipinski definition) is 2. The molecule has 2 rings (SSSR count). The van der Waals surface area contributed by atoms with Crippen molar-refractivity contribution in [3.8, 4) is 0 Å². The van der Waals surface area contributed by atoms with Crippen molar-refractivity contribution >= 4 is 28.6 Å². The summed E-state index contributed by atoms with van der Waals surface area (Å²) in [7, 11) is 1.50. The largest absolute Gasteiger partial charge is 0.477 e. The standard InChI is InChI=1S/C9H5ClF2N2O2/c1-14-2-13-7-6(12)3(9(15)16)5(11)4(10)8(7)14/h2H,1H3,(H,15,16). The van der Waals surface area contributed by atoms with Crippen LogP contribution < -0.4 is 0 Å². The quantitative estimate of drug-likeness (QED) is 0.785. The molecule has 0 saturated carbocycles. The normalized spacial score (nSPS) is 11.0. The van der Waals surface area contributed by atoms with Crippen LogP contribution in [0, 0.1) is 11.6 Å². The molecule has 0 aliphatic rings. The summed E-state index contributed by atoms with van der Waals surface area (Å²) in [5.41, 5.74) is -1.32. The number of benzene rings is 1. The van der Waals surface area contributed by atoms with Gasteiger partial charge in [-0.3, -0.25) is 0 Å². The van der Waals surface area contributed by atoms with Crippen LogP contribution in [-0.4, -0.2) is 20.6 Å². The molecule has 1 N–H and O–H groups in total. The summed E-state index contributed by atoms with van der Waals surface area (Å²) in [5.74, 6) is -4.22. The SMILES string of the molecule is Cn1cnc2c(F)c(C(=O)O)c(F)c(Cl)c21. The predicted molar refractivity (Wildman–Crippen MR) is 52.6 cm³/mol. The predicted octanol–water partition coefficient (Wildman–Crippen LogP) is 2.20. The first-order valence-corrected chi connectivity index (χ1v) is 4.53. The van der Waals surface area contributed by atoms with Gasteiger partial charge < -0.3 is 9.67 Å². The van der Waals surface area contributed by atoms with Gasteiger partial charge in [0.1, 0.15) is 16.1 Å². The third-order valence-corrected chi connectivity index (χ3v) is 2.54. The van der Waals surface area contributed by atoms with Crippen LogP contribution in [0.25, 0.3) is 11.0 Å². The fourth-order valence-electron chi connectivity index (χ4n) is 1.47. The summed E-state index contributed by atoms with van der Waals surface area (Å²) >= 11 is 5.63. The maximum Gasteiger partial charge on any atom is 0.341 e. The van der Waals surface area contributed by atoms with Gasteiger partial charge in [0.2, 0.25) is 0 Å². The van der Waals surface area contributed by atoms with Crippen molar-refractivity contribution in [2.24, 2.45) is 7.05 Å². The average molecular weight is 247 g/mol. The minimum absolute atomic E-state index is 0.0293. The number of imidazole rings is 1. The summed E-state index contributed by atoms with van der Waals surface area (Å²) in [6, 6.07) is 0. The Kier molecular flexibility index (Phi) is 2.31. The fraction of sp³-hybridized carbons (Fsp3) is 0.111. The molecule has 0 saturated heterocycles. The molecule has 1 aromatic carbocycles. The molecule has 0 bridgehead atoms. The molecular formula is C9H5ClF2N2O2. The first-order valence-electron chi connectivity index (χ1n) is 4.16. The smallest absolute Gasteiger partial charge is 0.341 e. The number of aromatic nitrogens is 2. The molecule has 0 radical (unpaired) electrons. The topological polar surface area (TPSA) is 55.1 Å². The number of carboxylic acids is 1. The number of nitrogens with zero attached hydrogens (tertiary/aromatic N) is 2. The van der Waals surface area contributed by atoms with Crippen LogP contribution in [0.4, 0.5) is 8.78 Å². The summed E-state index contributed by atoms with van der Waals surface area (Å²) in [6.45, 7) is 0. The van der Waals surface area contributed by atoms with Crippen molar-refractivity contribution < 1.29 is 18.7 Å². The minimum Gasteiger partial charge on any atom is -0.477 e. The van der Waals surface area contributed by atoms with Crippen LogP contribution in [0.15, 0.2) is 6.33 Å². The first-order chi connectivity index (χ1) is 7.45. The van der Waals surface area contributed by atoms with Gasteiger partial charge in [0.25, 0.3) is 0 Å². The highest BCUT2D eigenvalue weighted by molar-refractivity contribution is 6.35. The van der Waals surface area contributed by atoms with Crippen LogP contribution in [0.5, 0.6) is 0 Å². The van der Waals surface area contributed by atoms with Crippen molar-refractivity contribution in [2.75, 3.05) is 0 Å². The molecule has 0 spiro atoms. The monoisotopic (exact) mass is 246 g/mol. The number of carboxylic acid groups (broad SMARTS) is 1. The molecule has 1 aromatic heterocycles. The number of carbonyl (C=O) groups is 1. The van der Waals surface area contributed by atoms with E-state index in [1.807, 2.05) is 0 Å². The van der Waals surface area contributed by atoms with Crippen molar-refractivity contribution in [2.45, 2.75) is 0 Å². The van der Waals surface area contributed by atoms with E-state index in [4.69, 9.17) is 16.7 Å². The minimum atomic E-state index is -1.72. The Morgan fingerprint density at radius 2 is 2.12 bits per heavy atom. The molecule has 1 heterocycles. The molecule has 4 nitrogen and oxygen atoms in total. The highest BCUT2D eigenvalue weighted by Crippen LogP contribution is 2.31. The van der Waals surface area contributed by atoms with E-state index in [0.29, 0.717) is 0 Å². The second-order valence-corrected chi connectivity index (χ2v) is 3.55. The molecule has 2 aromatic rings. The Morgan fingerprint density at radius 1 is 1.50 bits per heavy atom. The number of aromatic carboxylic acids is 1. The third-order valence-electron chi connectivity index (χ3n) is 2.20. The Hall–Kier alpha value is -1.69. The van der Waals surface area contributed by atoms with Gasteiger partial charge >= 0.3 is 5.97 Å². The molecule has 0 aliphatic heterocycles. The van der Waals surface area contributed by atoms with Gasteiger partial charge in [0.15, 0.2) is 11.6 Å². The van der Waals surface area contributed by atoms with Crippen molar-refractivity contribution in [1.82, 2.24) is 9.55 Å². The van der Waals surface area contributed by atoms with E-state index in [2.05, 4.69) is 4.98 Å². The Balaban J connectivity index is 3.02. The van der Waals surface area contributed by atoms with Crippen molar-refractivity contribution in [3.05, 3.63) is 28.5 Å². The Bertz CT molecular complexity index is 609. The lowest BCUT2D eigenvalue weighted by Gasteiger charge is -2.04. The van der Waals surface area contributed by atoms with E-state index in [9.17, 15) is 13.6 Å². The Labute approximate surface area is 93.1 Å². The second kappa shape index (κ2) is 3.41. The first kappa shape index (κ1) is 10.8. The molecule has 0 aliphatic carbocycles. The van der Waals surface area contributed by atoms with Crippen LogP contribution in [-0.2, 0) is 7.05 Å². The number of halogens is 3. The molecule has 0 atom stereocenters. The summed E-state index contributed by atoms with van der Waals surface area (Å²) in [4.78, 5) is 14.3. The van der Waals surface area contributed by atoms with Crippen LogP contribution in [0.2, 0.25) is 5.02 Å². The zero-order valence-electron chi connectivity index (χ0n) is 7.96. The molecule has 0 fully saturated rings. The Morgan fingerprint density at radius 3 is 2.69 bits per heavy atom. The lowest BCUT2D eigenvalue weighted by Crippen LogP contribution is -2.06. The van der Waals surface area contributed by atoms with Crippen LogP contribution in [0.1, 0.15) is 10.4 Å². The van der Waals surface area contributed by atoms with E-state index >= 15 is 0 Å². The van der Waals surface area contributed by atoms with Crippen LogP contribution in [0.3, 0.4) is 0 Å². The number of aryl methyl sites for hydroxylation is 1. The van der Waals surface area contributed by atoms with Gasteiger partial charge in [-0.25, -0.2) is 18.6 Å². The highest BCUT2D eigenvalue weighted by Gasteiger charge is 2.26. The number of rotatable bonds is 1. The molecule has 0 unspecified atom stereocenters. The molecule has 84 valence electrons. The maximum absolute atomic E-state index is 13.6. The van der Waals surface area contributed by atoms with Gasteiger partial charge in [0, 0.05) is 7.05 Å². The van der Waals surface area contributed by atoms with E-state index in [0.717, 1.165) is 0 Å². The lowest BCUT2D eigenvalue weighted by molar-refractivity contribution is 0.0687. The van der Waals surface area contributed by atoms with Gasteiger partial charge in [0.05, 0.1) is 11.8 Å². The van der Waals surface area contributed by atoms with E-state index in [1.165, 1.54) is 17.9 Å². The number of fused-ring (bicyclic) bond motifs is 1. The zero-order valence-corrected chi connectivity index (χ0v) is 8.72. The zero-order chi connectivity index (χ0) is 12.0. The van der Waals surface area contributed by atoms with Crippen molar-refractivity contribution in [1.29, 1.82) is 0 Å². The summed E-state index contributed by atoms with van der Waals surface area (Å²) in [5, 5.41) is 8.21. The lowest BCUT2D eigenvalue weighted by atomic mass is 10.1. The highest BCUT2D eigenvalue weighted by atomic mass is 35.5. The maximum atomic E-state index is 13.6. The van der Waals surface area contributed by atoms with Crippen molar-refractivity contribution in [3.63, 3.8) is 0 Å². The van der Waals surface area contributed by atoms with Gasteiger partial charge in [-0.2, -0.15) is 0 Å². The summed E-state index contributed by atoms with van der Waals surface area (Å²) < 4.78 is 28.4. The van der Waals surface area contributed by atoms with Crippen LogP contribution >= 0.6 is 11.6 Å². The van der Waals surface area contributed by atoms with E-state index < -0.39 is 28.2 Å². The van der Waals surface area contributed by atoms with E-state index in [-0.39, 0.29) is 11.0 Å². The molecule has 16 heavy (non-hydrogen) atoms. The molecule has 0 amide bonds. The molecular weight excluding hydrogens is 242 g/mol. The average Bonchev–Trinajstić information content (AvgIpc) is 2.57. The number of hydrogen-bond donors (Lipinski definition) is 1. The van der Waals surface area contributed by atoms with Gasteiger partial charge in [-0.1, -0.05) is 11.6 Å². The van der Waals surface area contributed by atoms with Gasteiger partial charge in [-0.05, 0) is 0 Å². The second-order valence-electron chi connectivity index (χ2n) is 3.17. The third kappa shape index (κ3) is 1.26. The van der Waals surface area contributed by atoms with Gasteiger partial charge in [-0.15, -0.1) is 0 Å². The molecule has 7 heteroatoms.